The van der Waals surface area contributed by atoms with Crippen LogP contribution >= 0.6 is 23.1 Å². The van der Waals surface area contributed by atoms with Crippen molar-refractivity contribution in [1.82, 2.24) is 4.57 Å². The molecule has 196 valence electrons. The van der Waals surface area contributed by atoms with Crippen LogP contribution < -0.4 is 14.2 Å². The van der Waals surface area contributed by atoms with E-state index < -0.39 is 26.0 Å². The lowest BCUT2D eigenvalue weighted by atomic mass is 10.2. The van der Waals surface area contributed by atoms with Gasteiger partial charge in [-0.05, 0) is 26.0 Å². The fraction of sp³-hybridized carbons (Fsp3) is 0.409. The Kier molecular flexibility index (Phi) is 7.48. The molecule has 0 unspecified atom stereocenters. The van der Waals surface area contributed by atoms with Gasteiger partial charge in [-0.1, -0.05) is 23.1 Å². The number of aromatic nitrogens is 2. The number of hydrogen-bond donors (Lipinski definition) is 2. The molecule has 1 aromatic carbocycles. The number of aryl methyl sites for hydroxylation is 3. The fourth-order valence-electron chi connectivity index (χ4n) is 4.17. The molecule has 0 bridgehead atoms. The third kappa shape index (κ3) is 5.58. The van der Waals surface area contributed by atoms with Gasteiger partial charge in [0.25, 0.3) is 20.2 Å². The summed E-state index contributed by atoms with van der Waals surface area (Å²) in [5, 5.41) is 1.62. The van der Waals surface area contributed by atoms with Crippen LogP contribution in [0.15, 0.2) is 28.1 Å². The van der Waals surface area contributed by atoms with Crippen LogP contribution in [0.5, 0.6) is 5.75 Å². The van der Waals surface area contributed by atoms with E-state index >= 15 is 0 Å². The van der Waals surface area contributed by atoms with E-state index in [0.29, 0.717) is 12.3 Å². The Labute approximate surface area is 218 Å². The molecule has 0 spiro atoms. The zero-order valence-corrected chi connectivity index (χ0v) is 23.5. The van der Waals surface area contributed by atoms with Crippen LogP contribution in [0.3, 0.4) is 0 Å². The molecule has 1 aliphatic rings. The van der Waals surface area contributed by atoms with Gasteiger partial charge in [0.2, 0.25) is 0 Å². The van der Waals surface area contributed by atoms with Gasteiger partial charge in [-0.25, -0.2) is 9.13 Å². The monoisotopic (exact) mass is 574 g/mol. The Balaban J connectivity index is 1.81. The van der Waals surface area contributed by atoms with E-state index in [9.17, 15) is 25.9 Å². The van der Waals surface area contributed by atoms with Crippen LogP contribution in [-0.4, -0.2) is 55.7 Å². The lowest BCUT2D eigenvalue weighted by Crippen LogP contribution is -2.38. The molecule has 3 aromatic rings. The van der Waals surface area contributed by atoms with Gasteiger partial charge in [-0.2, -0.15) is 16.8 Å². The van der Waals surface area contributed by atoms with Crippen molar-refractivity contribution in [3.63, 3.8) is 0 Å². The van der Waals surface area contributed by atoms with Crippen LogP contribution in [0.2, 0.25) is 0 Å². The first-order valence-electron chi connectivity index (χ1n) is 11.0. The smallest absolute Gasteiger partial charge is 0.300 e. The summed E-state index contributed by atoms with van der Waals surface area (Å²) < 4.78 is 74.8. The molecule has 2 aromatic heterocycles. The number of thioether (sulfide) groups is 1. The number of anilines is 1. The third-order valence-corrected chi connectivity index (χ3v) is 10.0. The van der Waals surface area contributed by atoms with Gasteiger partial charge in [-0.3, -0.25) is 9.11 Å². The van der Waals surface area contributed by atoms with Crippen LogP contribution in [0.1, 0.15) is 22.7 Å². The molecule has 4 rings (SSSR count). The highest BCUT2D eigenvalue weighted by atomic mass is 32.2. The van der Waals surface area contributed by atoms with E-state index in [1.54, 1.807) is 18.4 Å². The summed E-state index contributed by atoms with van der Waals surface area (Å²) in [7, 11) is -4.76. The Bertz CT molecular complexity index is 1570. The summed E-state index contributed by atoms with van der Waals surface area (Å²) >= 11 is 3.04. The van der Waals surface area contributed by atoms with E-state index in [1.807, 2.05) is 54.6 Å². The van der Waals surface area contributed by atoms with Gasteiger partial charge in [0.15, 0.2) is 5.01 Å². The predicted molar refractivity (Wildman–Crippen MR) is 142 cm³/mol. The van der Waals surface area contributed by atoms with E-state index in [0.717, 1.165) is 42.2 Å². The van der Waals surface area contributed by atoms with Crippen molar-refractivity contribution in [3.8, 4) is 5.75 Å². The molecule has 1 aliphatic heterocycles. The quantitative estimate of drug-likeness (QED) is 0.292. The second kappa shape index (κ2) is 9.99. The first-order chi connectivity index (χ1) is 16.8. The van der Waals surface area contributed by atoms with Gasteiger partial charge in [-0.15, -0.1) is 0 Å². The maximum Gasteiger partial charge on any atom is 0.300 e. The first-order valence-corrected chi connectivity index (χ1v) is 15.9. The number of benzene rings is 1. The molecule has 0 aliphatic carbocycles. The fourth-order valence-corrected chi connectivity index (χ4v) is 7.57. The summed E-state index contributed by atoms with van der Waals surface area (Å²) in [5.41, 5.74) is 3.95. The highest BCUT2D eigenvalue weighted by Gasteiger charge is 2.30. The molecular weight excluding hydrogens is 547 g/mol. The number of nitrogens with zero attached hydrogens (tertiary/aromatic N) is 3. The average molecular weight is 575 g/mol. The standard InChI is InChI=1S/C22H27N3O7S4/c1-14-15(2)23(3)22-21(14)34-20(25(22)8-5-10-35(26,27)28)13-19-24(9-11-36(29,30)31)17-12-16(32-4)6-7-18(17)33-19/h6-7,12-13H,5,8-11H2,1-4H3,(H-,26,27,28,29,30,31)/p+1. The van der Waals surface area contributed by atoms with Crippen LogP contribution in [0, 0.1) is 13.8 Å². The van der Waals surface area contributed by atoms with E-state index in [4.69, 9.17) is 4.74 Å². The van der Waals surface area contributed by atoms with Gasteiger partial charge >= 0.3 is 5.65 Å². The molecular formula is C22H28N3O7S4+. The van der Waals surface area contributed by atoms with Crippen molar-refractivity contribution in [2.75, 3.05) is 30.1 Å². The lowest BCUT2D eigenvalue weighted by molar-refractivity contribution is -0.671. The maximum absolute atomic E-state index is 11.5. The number of hydrogen-bond acceptors (Lipinski definition) is 8. The Morgan fingerprint density at radius 3 is 2.44 bits per heavy atom. The molecule has 10 nitrogen and oxygen atoms in total. The lowest BCUT2D eigenvalue weighted by Gasteiger charge is -2.20. The summed E-state index contributed by atoms with van der Waals surface area (Å²) in [6.45, 7) is 4.48. The van der Waals surface area contributed by atoms with Crippen molar-refractivity contribution in [1.29, 1.82) is 0 Å². The minimum Gasteiger partial charge on any atom is -0.497 e. The van der Waals surface area contributed by atoms with Gasteiger partial charge in [0.1, 0.15) is 16.1 Å². The Morgan fingerprint density at radius 2 is 1.81 bits per heavy atom. The van der Waals surface area contributed by atoms with Crippen molar-refractivity contribution >= 4 is 65.4 Å². The summed E-state index contributed by atoms with van der Waals surface area (Å²) in [5.74, 6) is -0.169. The normalized spacial score (nSPS) is 15.3. The second-order valence-electron chi connectivity index (χ2n) is 8.51. The van der Waals surface area contributed by atoms with Gasteiger partial charge < -0.3 is 9.64 Å². The number of ether oxygens (including phenoxy) is 1. The zero-order valence-electron chi connectivity index (χ0n) is 20.3. The summed E-state index contributed by atoms with van der Waals surface area (Å²) in [6, 6.07) is 5.56. The molecule has 0 saturated heterocycles. The van der Waals surface area contributed by atoms with E-state index in [1.165, 1.54) is 11.8 Å². The topological polar surface area (TPSA) is 130 Å². The SMILES string of the molecule is COc1ccc2c(c1)N(CCS(=O)(=O)O)C(=Cc1sc3c(C)c(C)n(C)c3[n+]1CCCS(=O)(=O)O)S2. The Morgan fingerprint density at radius 1 is 1.11 bits per heavy atom. The highest BCUT2D eigenvalue weighted by Crippen LogP contribution is 2.48. The molecule has 0 saturated carbocycles. The summed E-state index contributed by atoms with van der Waals surface area (Å²) in [6.07, 6.45) is 2.18. The van der Waals surface area contributed by atoms with Crippen molar-refractivity contribution in [3.05, 3.63) is 39.5 Å². The third-order valence-electron chi connectivity index (χ3n) is 6.18. The van der Waals surface area contributed by atoms with Crippen LogP contribution in [0.25, 0.3) is 16.4 Å². The van der Waals surface area contributed by atoms with Crippen molar-refractivity contribution < 1.29 is 35.2 Å². The molecule has 0 atom stereocenters. The number of fused-ring (bicyclic) bond motifs is 2. The number of methoxy groups -OCH3 is 1. The molecule has 0 amide bonds. The predicted octanol–water partition coefficient (Wildman–Crippen LogP) is 3.23. The minimum atomic E-state index is -4.18. The maximum atomic E-state index is 11.5. The van der Waals surface area contributed by atoms with Gasteiger partial charge in [0, 0.05) is 35.6 Å². The summed E-state index contributed by atoms with van der Waals surface area (Å²) in [4.78, 5) is 2.75. The molecule has 3 heterocycles. The average Bonchev–Trinajstić information content (AvgIpc) is 3.38. The molecule has 2 N–H and O–H groups in total. The second-order valence-corrected chi connectivity index (χ2v) is 13.7. The van der Waals surface area contributed by atoms with Crippen LogP contribution in [0.4, 0.5) is 5.69 Å². The minimum absolute atomic E-state index is 0.0453. The Hall–Kier alpha value is -2.10. The first kappa shape index (κ1) is 26.9. The molecule has 36 heavy (non-hydrogen) atoms. The van der Waals surface area contributed by atoms with E-state index in [2.05, 4.69) is 4.57 Å². The number of thiazole rings is 1. The zero-order chi connectivity index (χ0) is 26.4. The van der Waals surface area contributed by atoms with Crippen molar-refractivity contribution in [2.24, 2.45) is 7.05 Å². The molecule has 0 fully saturated rings. The van der Waals surface area contributed by atoms with E-state index in [-0.39, 0.29) is 18.7 Å². The molecule has 0 radical (unpaired) electrons. The van der Waals surface area contributed by atoms with Crippen molar-refractivity contribution in [2.45, 2.75) is 31.7 Å². The largest absolute Gasteiger partial charge is 0.497 e. The number of rotatable bonds is 9. The van der Waals surface area contributed by atoms with Crippen LogP contribution in [-0.2, 0) is 33.8 Å². The molecule has 14 heteroatoms. The van der Waals surface area contributed by atoms with Gasteiger partial charge in [0.05, 0.1) is 42.9 Å². The highest BCUT2D eigenvalue weighted by molar-refractivity contribution is 8.04.